The summed E-state index contributed by atoms with van der Waals surface area (Å²) in [6.07, 6.45) is 1.70. The highest BCUT2D eigenvalue weighted by atomic mass is 16.2. The SMILES string of the molecule is O=C1c2ccccc2N1c1ccc2cccnc2n1. The number of carbonyl (C=O) groups excluding carboxylic acids is 1. The van der Waals surface area contributed by atoms with Crippen LogP contribution in [0.25, 0.3) is 11.0 Å². The van der Waals surface area contributed by atoms with Crippen LogP contribution in [0, 0.1) is 0 Å². The van der Waals surface area contributed by atoms with Crippen molar-refractivity contribution in [1.29, 1.82) is 0 Å². The molecule has 3 aromatic rings. The van der Waals surface area contributed by atoms with Crippen molar-refractivity contribution in [3.63, 3.8) is 0 Å². The second-order valence-corrected chi connectivity index (χ2v) is 4.38. The van der Waals surface area contributed by atoms with Crippen LogP contribution in [0.1, 0.15) is 10.4 Å². The van der Waals surface area contributed by atoms with E-state index in [4.69, 9.17) is 0 Å². The van der Waals surface area contributed by atoms with E-state index in [0.717, 1.165) is 16.6 Å². The second kappa shape index (κ2) is 3.62. The summed E-state index contributed by atoms with van der Waals surface area (Å²) in [6, 6.07) is 15.1. The highest BCUT2D eigenvalue weighted by Gasteiger charge is 2.34. The van der Waals surface area contributed by atoms with Crippen LogP contribution in [0.15, 0.2) is 54.7 Å². The minimum Gasteiger partial charge on any atom is -0.268 e. The molecule has 0 unspecified atom stereocenters. The molecular weight excluding hydrogens is 238 g/mol. The van der Waals surface area contributed by atoms with Gasteiger partial charge < -0.3 is 0 Å². The van der Waals surface area contributed by atoms with Crippen molar-refractivity contribution >= 4 is 28.4 Å². The Hall–Kier alpha value is -2.75. The number of rotatable bonds is 1. The Balaban J connectivity index is 1.86. The quantitative estimate of drug-likeness (QED) is 0.664. The molecule has 0 saturated heterocycles. The molecule has 1 aromatic carbocycles. The van der Waals surface area contributed by atoms with Gasteiger partial charge in [-0.05, 0) is 36.4 Å². The van der Waals surface area contributed by atoms with Gasteiger partial charge in [0.05, 0.1) is 11.3 Å². The van der Waals surface area contributed by atoms with Gasteiger partial charge in [-0.3, -0.25) is 9.69 Å². The molecule has 0 aliphatic carbocycles. The van der Waals surface area contributed by atoms with Gasteiger partial charge in [-0.2, -0.15) is 0 Å². The summed E-state index contributed by atoms with van der Waals surface area (Å²) in [7, 11) is 0. The molecule has 4 heteroatoms. The minimum atomic E-state index is -0.0154. The highest BCUT2D eigenvalue weighted by molar-refractivity contribution is 6.23. The van der Waals surface area contributed by atoms with Crippen LogP contribution in [0.3, 0.4) is 0 Å². The van der Waals surface area contributed by atoms with Crippen molar-refractivity contribution < 1.29 is 4.79 Å². The molecule has 4 nitrogen and oxygen atoms in total. The summed E-state index contributed by atoms with van der Waals surface area (Å²) < 4.78 is 0. The lowest BCUT2D eigenvalue weighted by molar-refractivity contribution is 0.0980. The Labute approximate surface area is 109 Å². The Morgan fingerprint density at radius 1 is 0.947 bits per heavy atom. The van der Waals surface area contributed by atoms with Gasteiger partial charge in [-0.15, -0.1) is 0 Å². The summed E-state index contributed by atoms with van der Waals surface area (Å²) in [5, 5.41) is 0.965. The molecule has 0 N–H and O–H groups in total. The molecule has 2 aromatic heterocycles. The lowest BCUT2D eigenvalue weighted by atomic mass is 10.0. The summed E-state index contributed by atoms with van der Waals surface area (Å²) in [6.45, 7) is 0. The van der Waals surface area contributed by atoms with Crippen LogP contribution in [0.4, 0.5) is 11.5 Å². The number of nitrogens with zero attached hydrogens (tertiary/aromatic N) is 3. The highest BCUT2D eigenvalue weighted by Crippen LogP contribution is 2.38. The number of anilines is 2. The van der Waals surface area contributed by atoms with E-state index >= 15 is 0 Å². The molecule has 4 rings (SSSR count). The molecule has 0 radical (unpaired) electrons. The number of hydrogen-bond donors (Lipinski definition) is 0. The van der Waals surface area contributed by atoms with Gasteiger partial charge in [-0.1, -0.05) is 12.1 Å². The maximum Gasteiger partial charge on any atom is 0.266 e. The Morgan fingerprint density at radius 2 is 1.84 bits per heavy atom. The lowest BCUT2D eigenvalue weighted by Crippen LogP contribution is -2.37. The van der Waals surface area contributed by atoms with Gasteiger partial charge in [0.15, 0.2) is 5.65 Å². The van der Waals surface area contributed by atoms with Crippen LogP contribution in [-0.2, 0) is 0 Å². The van der Waals surface area contributed by atoms with Crippen molar-refractivity contribution in [2.45, 2.75) is 0 Å². The van der Waals surface area contributed by atoms with Crippen LogP contribution >= 0.6 is 0 Å². The molecule has 90 valence electrons. The third kappa shape index (κ3) is 1.37. The van der Waals surface area contributed by atoms with E-state index in [0.29, 0.717) is 11.5 Å². The fraction of sp³-hybridized carbons (Fsp3) is 0. The smallest absolute Gasteiger partial charge is 0.266 e. The van der Waals surface area contributed by atoms with Gasteiger partial charge >= 0.3 is 0 Å². The lowest BCUT2D eigenvalue weighted by Gasteiger charge is -2.32. The van der Waals surface area contributed by atoms with Gasteiger partial charge in [0.1, 0.15) is 5.82 Å². The van der Waals surface area contributed by atoms with E-state index in [1.807, 2.05) is 48.5 Å². The zero-order chi connectivity index (χ0) is 12.8. The van der Waals surface area contributed by atoms with Crippen LogP contribution in [0.2, 0.25) is 0 Å². The van der Waals surface area contributed by atoms with Gasteiger partial charge in [0.2, 0.25) is 0 Å². The molecule has 0 atom stereocenters. The molecule has 0 saturated carbocycles. The van der Waals surface area contributed by atoms with Gasteiger partial charge in [0.25, 0.3) is 5.91 Å². The van der Waals surface area contributed by atoms with Crippen LogP contribution in [-0.4, -0.2) is 15.9 Å². The first-order valence-corrected chi connectivity index (χ1v) is 6.00. The molecule has 1 amide bonds. The molecule has 0 spiro atoms. The number of pyridine rings is 2. The molecule has 19 heavy (non-hydrogen) atoms. The zero-order valence-corrected chi connectivity index (χ0v) is 9.95. The molecule has 3 heterocycles. The fourth-order valence-corrected chi connectivity index (χ4v) is 2.32. The Bertz CT molecular complexity index is 813. The number of fused-ring (bicyclic) bond motifs is 2. The molecule has 0 fully saturated rings. The maximum atomic E-state index is 12.1. The number of para-hydroxylation sites is 1. The van der Waals surface area contributed by atoms with Gasteiger partial charge in [-0.25, -0.2) is 9.97 Å². The van der Waals surface area contributed by atoms with Crippen molar-refractivity contribution in [2.75, 3.05) is 4.90 Å². The van der Waals surface area contributed by atoms with E-state index in [2.05, 4.69) is 9.97 Å². The standard InChI is InChI=1S/C15H9N3O/c19-15-11-5-1-2-6-12(11)18(15)13-8-7-10-4-3-9-16-14(10)17-13/h1-9H. The van der Waals surface area contributed by atoms with E-state index in [-0.39, 0.29) is 5.91 Å². The third-order valence-corrected chi connectivity index (χ3v) is 3.26. The number of aromatic nitrogens is 2. The Morgan fingerprint density at radius 3 is 2.79 bits per heavy atom. The number of hydrogen-bond acceptors (Lipinski definition) is 3. The first-order chi connectivity index (χ1) is 9.34. The molecule has 0 bridgehead atoms. The van der Waals surface area contributed by atoms with Gasteiger partial charge in [0, 0.05) is 11.6 Å². The maximum absolute atomic E-state index is 12.1. The number of carbonyl (C=O) groups is 1. The normalized spacial score (nSPS) is 13.3. The summed E-state index contributed by atoms with van der Waals surface area (Å²) in [5.41, 5.74) is 2.29. The van der Waals surface area contributed by atoms with Crippen molar-refractivity contribution in [3.05, 3.63) is 60.3 Å². The zero-order valence-electron chi connectivity index (χ0n) is 9.95. The van der Waals surface area contributed by atoms with E-state index in [1.165, 1.54) is 0 Å². The van der Waals surface area contributed by atoms with E-state index in [9.17, 15) is 4.79 Å². The average Bonchev–Trinajstić information content (AvgIpc) is 2.47. The number of amides is 1. The van der Waals surface area contributed by atoms with E-state index < -0.39 is 0 Å². The average molecular weight is 247 g/mol. The number of benzene rings is 1. The monoisotopic (exact) mass is 247 g/mol. The van der Waals surface area contributed by atoms with Crippen molar-refractivity contribution in [2.24, 2.45) is 0 Å². The van der Waals surface area contributed by atoms with Crippen molar-refractivity contribution in [3.8, 4) is 0 Å². The largest absolute Gasteiger partial charge is 0.268 e. The molecule has 1 aliphatic heterocycles. The van der Waals surface area contributed by atoms with Crippen LogP contribution < -0.4 is 4.90 Å². The summed E-state index contributed by atoms with van der Waals surface area (Å²) >= 11 is 0. The summed E-state index contributed by atoms with van der Waals surface area (Å²) in [4.78, 5) is 22.3. The molecular formula is C15H9N3O. The van der Waals surface area contributed by atoms with Crippen LogP contribution in [0.5, 0.6) is 0 Å². The minimum absolute atomic E-state index is 0.0154. The predicted octanol–water partition coefficient (Wildman–Crippen LogP) is 2.92. The van der Waals surface area contributed by atoms with E-state index in [1.54, 1.807) is 11.1 Å². The summed E-state index contributed by atoms with van der Waals surface area (Å²) in [5.74, 6) is 0.605. The second-order valence-electron chi connectivity index (χ2n) is 4.38. The third-order valence-electron chi connectivity index (χ3n) is 3.26. The fourth-order valence-electron chi connectivity index (χ4n) is 2.32. The topological polar surface area (TPSA) is 46.1 Å². The first-order valence-electron chi connectivity index (χ1n) is 6.00. The van der Waals surface area contributed by atoms with Crippen molar-refractivity contribution in [1.82, 2.24) is 9.97 Å². The molecule has 1 aliphatic rings. The Kier molecular flexibility index (Phi) is 1.94. The predicted molar refractivity (Wildman–Crippen MR) is 72.4 cm³/mol. The first kappa shape index (κ1) is 10.2.